The van der Waals surface area contributed by atoms with Gasteiger partial charge in [0.15, 0.2) is 0 Å². The molecule has 1 heterocycles. The van der Waals surface area contributed by atoms with E-state index in [9.17, 15) is 0 Å². The number of rotatable bonds is 2. The van der Waals surface area contributed by atoms with Crippen LogP contribution in [0.1, 0.15) is 62.4 Å². The van der Waals surface area contributed by atoms with Crippen LogP contribution in [-0.4, -0.2) is 9.97 Å². The Labute approximate surface area is 114 Å². The molecule has 1 aliphatic rings. The van der Waals surface area contributed by atoms with Crippen LogP contribution in [0.2, 0.25) is 0 Å². The Hall–Kier alpha value is -1.08. The highest BCUT2D eigenvalue weighted by Gasteiger charge is 2.22. The van der Waals surface area contributed by atoms with Crippen LogP contribution in [0.3, 0.4) is 0 Å². The van der Waals surface area contributed by atoms with E-state index >= 15 is 0 Å². The highest BCUT2D eigenvalue weighted by atomic mass is 32.2. The van der Waals surface area contributed by atoms with Gasteiger partial charge < -0.3 is 0 Å². The van der Waals surface area contributed by atoms with Crippen LogP contribution < -0.4 is 0 Å². The molecule has 0 amide bonds. The molecule has 1 aromatic rings. The number of nitriles is 1. The molecule has 4 heteroatoms. The maximum absolute atomic E-state index is 8.62. The first-order valence-electron chi connectivity index (χ1n) is 6.63. The summed E-state index contributed by atoms with van der Waals surface area (Å²) in [5, 5.41) is 11.2. The van der Waals surface area contributed by atoms with Crippen molar-refractivity contribution in [2.75, 3.05) is 0 Å². The van der Waals surface area contributed by atoms with E-state index in [1.807, 2.05) is 33.1 Å². The van der Waals surface area contributed by atoms with Gasteiger partial charge in [-0.2, -0.15) is 5.26 Å². The van der Waals surface area contributed by atoms with E-state index in [1.165, 1.54) is 31.2 Å². The fraction of sp³-hybridized carbons (Fsp3) is 0.643. The van der Waals surface area contributed by atoms with Crippen molar-refractivity contribution in [3.8, 4) is 5.40 Å². The van der Waals surface area contributed by atoms with Crippen molar-refractivity contribution >= 4 is 11.8 Å². The lowest BCUT2D eigenvalue weighted by Crippen LogP contribution is -2.05. The molecule has 1 aromatic heterocycles. The minimum Gasteiger partial charge on any atom is -0.227 e. The van der Waals surface area contributed by atoms with Gasteiger partial charge in [-0.1, -0.05) is 26.7 Å². The van der Waals surface area contributed by atoms with E-state index < -0.39 is 0 Å². The van der Waals surface area contributed by atoms with Gasteiger partial charge in [-0.15, -0.1) is 0 Å². The summed E-state index contributed by atoms with van der Waals surface area (Å²) >= 11 is 1.04. The number of aromatic nitrogens is 2. The Kier molecular flexibility index (Phi) is 6.14. The second kappa shape index (κ2) is 7.38. The van der Waals surface area contributed by atoms with Gasteiger partial charge in [-0.3, -0.25) is 0 Å². The summed E-state index contributed by atoms with van der Waals surface area (Å²) in [5.74, 6) is 0.640. The second-order valence-corrected chi connectivity index (χ2v) is 5.02. The third kappa shape index (κ3) is 3.46. The predicted molar refractivity (Wildman–Crippen MR) is 75.5 cm³/mol. The molecule has 98 valence electrons. The monoisotopic (exact) mass is 263 g/mol. The molecule has 0 bridgehead atoms. The molecule has 2 rings (SSSR count). The van der Waals surface area contributed by atoms with E-state index in [0.717, 1.165) is 23.1 Å². The molecule has 0 unspecified atom stereocenters. The zero-order valence-corrected chi connectivity index (χ0v) is 12.5. The molecule has 0 atom stereocenters. The van der Waals surface area contributed by atoms with Gasteiger partial charge in [-0.05, 0) is 38.2 Å². The Morgan fingerprint density at radius 3 is 2.06 bits per heavy atom. The SMILES string of the molecule is CC.Cc1nc(SC#N)nc(C)c1C1CCCC1. The van der Waals surface area contributed by atoms with E-state index in [-0.39, 0.29) is 0 Å². The highest BCUT2D eigenvalue weighted by molar-refractivity contribution is 8.03. The number of hydrogen-bond donors (Lipinski definition) is 0. The molecule has 3 nitrogen and oxygen atoms in total. The molecule has 0 N–H and O–H groups in total. The topological polar surface area (TPSA) is 49.6 Å². The molecule has 18 heavy (non-hydrogen) atoms. The van der Waals surface area contributed by atoms with Gasteiger partial charge in [0.25, 0.3) is 0 Å². The predicted octanol–water partition coefficient (Wildman–Crippen LogP) is 4.35. The van der Waals surface area contributed by atoms with Crippen molar-refractivity contribution < 1.29 is 0 Å². The number of thioether (sulfide) groups is 1. The van der Waals surface area contributed by atoms with Crippen LogP contribution in [0.5, 0.6) is 0 Å². The van der Waals surface area contributed by atoms with Gasteiger partial charge in [0, 0.05) is 23.1 Å². The van der Waals surface area contributed by atoms with Gasteiger partial charge in [0.05, 0.1) is 0 Å². The van der Waals surface area contributed by atoms with Gasteiger partial charge >= 0.3 is 0 Å². The van der Waals surface area contributed by atoms with E-state index in [1.54, 1.807) is 0 Å². The van der Waals surface area contributed by atoms with Crippen LogP contribution in [0.25, 0.3) is 0 Å². The Morgan fingerprint density at radius 1 is 1.11 bits per heavy atom. The molecule has 1 fully saturated rings. The lowest BCUT2D eigenvalue weighted by Gasteiger charge is -2.15. The number of nitrogens with zero attached hydrogens (tertiary/aromatic N) is 3. The first-order valence-corrected chi connectivity index (χ1v) is 7.45. The number of aryl methyl sites for hydroxylation is 2. The van der Waals surface area contributed by atoms with Crippen molar-refractivity contribution in [3.05, 3.63) is 17.0 Å². The van der Waals surface area contributed by atoms with Crippen LogP contribution in [-0.2, 0) is 0 Å². The third-order valence-corrected chi connectivity index (χ3v) is 3.66. The maximum Gasteiger partial charge on any atom is 0.202 e. The summed E-state index contributed by atoms with van der Waals surface area (Å²) in [4.78, 5) is 8.80. The molecule has 1 saturated carbocycles. The number of thiocyanates is 1. The highest BCUT2D eigenvalue weighted by Crippen LogP contribution is 2.36. The third-order valence-electron chi connectivity index (χ3n) is 3.21. The van der Waals surface area contributed by atoms with Crippen LogP contribution in [0.15, 0.2) is 5.16 Å². The smallest absolute Gasteiger partial charge is 0.202 e. The number of hydrogen-bond acceptors (Lipinski definition) is 4. The molecular formula is C14H21N3S. The maximum atomic E-state index is 8.62. The summed E-state index contributed by atoms with van der Waals surface area (Å²) in [6.45, 7) is 8.06. The molecule has 1 aliphatic carbocycles. The fourth-order valence-electron chi connectivity index (χ4n) is 2.59. The van der Waals surface area contributed by atoms with E-state index in [0.29, 0.717) is 11.1 Å². The summed E-state index contributed by atoms with van der Waals surface area (Å²) in [7, 11) is 0. The molecule has 0 radical (unpaired) electrons. The van der Waals surface area contributed by atoms with Crippen molar-refractivity contribution in [2.24, 2.45) is 0 Å². The summed E-state index contributed by atoms with van der Waals surface area (Å²) in [5.41, 5.74) is 3.43. The Balaban J connectivity index is 0.000000771. The van der Waals surface area contributed by atoms with Crippen LogP contribution in [0.4, 0.5) is 0 Å². The van der Waals surface area contributed by atoms with Crippen molar-refractivity contribution in [1.82, 2.24) is 9.97 Å². The zero-order valence-electron chi connectivity index (χ0n) is 11.7. The zero-order chi connectivity index (χ0) is 13.5. The first-order chi connectivity index (χ1) is 8.72. The van der Waals surface area contributed by atoms with Crippen molar-refractivity contribution in [2.45, 2.75) is 64.5 Å². The van der Waals surface area contributed by atoms with Gasteiger partial charge in [0.1, 0.15) is 5.40 Å². The normalized spacial score (nSPS) is 14.8. The first kappa shape index (κ1) is 15.0. The lowest BCUT2D eigenvalue weighted by atomic mass is 9.95. The average Bonchev–Trinajstić information content (AvgIpc) is 2.85. The van der Waals surface area contributed by atoms with Crippen molar-refractivity contribution in [3.63, 3.8) is 0 Å². The molecule has 0 aromatic carbocycles. The minimum atomic E-state index is 0.583. The lowest BCUT2D eigenvalue weighted by molar-refractivity contribution is 0.686. The van der Waals surface area contributed by atoms with Gasteiger partial charge in [0.2, 0.25) is 5.16 Å². The van der Waals surface area contributed by atoms with E-state index in [4.69, 9.17) is 5.26 Å². The molecule has 0 saturated heterocycles. The second-order valence-electron chi connectivity index (χ2n) is 4.27. The van der Waals surface area contributed by atoms with E-state index in [2.05, 4.69) is 9.97 Å². The standard InChI is InChI=1S/C12H15N3S.C2H6/c1-8-11(10-5-3-4-6-10)9(2)15-12(14-8)16-7-13;1-2/h10H,3-6H2,1-2H3;1-2H3. The largest absolute Gasteiger partial charge is 0.227 e. The van der Waals surface area contributed by atoms with Crippen molar-refractivity contribution in [1.29, 1.82) is 5.26 Å². The molecular weight excluding hydrogens is 242 g/mol. The molecule has 0 spiro atoms. The fourth-order valence-corrected chi connectivity index (χ4v) is 3.03. The summed E-state index contributed by atoms with van der Waals surface area (Å²) in [6, 6.07) is 0. The summed E-state index contributed by atoms with van der Waals surface area (Å²) in [6.07, 6.45) is 5.15. The van der Waals surface area contributed by atoms with Gasteiger partial charge in [-0.25, -0.2) is 9.97 Å². The summed E-state index contributed by atoms with van der Waals surface area (Å²) < 4.78 is 0. The Bertz CT molecular complexity index is 408. The Morgan fingerprint density at radius 2 is 1.61 bits per heavy atom. The minimum absolute atomic E-state index is 0.583. The average molecular weight is 263 g/mol. The quantitative estimate of drug-likeness (QED) is 0.452. The van der Waals surface area contributed by atoms with Crippen LogP contribution >= 0.6 is 11.8 Å². The molecule has 0 aliphatic heterocycles. The van der Waals surface area contributed by atoms with Crippen LogP contribution in [0, 0.1) is 24.5 Å².